The Bertz CT molecular complexity index is 914. The Morgan fingerprint density at radius 3 is 2.46 bits per heavy atom. The molecule has 1 aliphatic carbocycles. The lowest BCUT2D eigenvalue weighted by Crippen LogP contribution is -2.12. The van der Waals surface area contributed by atoms with Crippen molar-refractivity contribution in [2.45, 2.75) is 18.3 Å². The molecule has 1 fully saturated rings. The normalized spacial score (nSPS) is 15.5. The van der Waals surface area contributed by atoms with Gasteiger partial charge in [0.2, 0.25) is 0 Å². The maximum Gasteiger partial charge on any atom is 0.258 e. The highest BCUT2D eigenvalue weighted by atomic mass is 35.5. The molecule has 0 bridgehead atoms. The van der Waals surface area contributed by atoms with Gasteiger partial charge in [-0.2, -0.15) is 4.98 Å². The number of nitrogens with zero attached hydrogens (tertiary/aromatic N) is 2. The van der Waals surface area contributed by atoms with Gasteiger partial charge in [-0.25, -0.2) is 4.39 Å². The minimum Gasteiger partial charge on any atom is -0.399 e. The fraction of sp³-hybridized carbons (Fsp3) is 0.176. The Morgan fingerprint density at radius 1 is 1.12 bits per heavy atom. The number of benzene rings is 2. The van der Waals surface area contributed by atoms with Crippen LogP contribution >= 0.6 is 23.2 Å². The topological polar surface area (TPSA) is 64.9 Å². The molecule has 7 heteroatoms. The summed E-state index contributed by atoms with van der Waals surface area (Å²) in [6, 6.07) is 9.34. The Morgan fingerprint density at radius 2 is 1.83 bits per heavy atom. The second-order valence-electron chi connectivity index (χ2n) is 5.88. The number of anilines is 1. The van der Waals surface area contributed by atoms with Crippen LogP contribution in [0.25, 0.3) is 11.5 Å². The molecule has 3 aromatic rings. The fourth-order valence-corrected chi connectivity index (χ4v) is 3.78. The molecule has 0 unspecified atom stereocenters. The van der Waals surface area contributed by atoms with Crippen molar-refractivity contribution >= 4 is 28.9 Å². The molecule has 0 radical (unpaired) electrons. The first-order valence-electron chi connectivity index (χ1n) is 7.35. The first-order chi connectivity index (χ1) is 11.5. The van der Waals surface area contributed by atoms with Crippen LogP contribution in [-0.4, -0.2) is 10.1 Å². The first-order valence-corrected chi connectivity index (χ1v) is 8.10. The second-order valence-corrected chi connectivity index (χ2v) is 6.69. The molecule has 4 nitrogen and oxygen atoms in total. The average Bonchev–Trinajstić information content (AvgIpc) is 3.14. The number of nitrogen functional groups attached to an aromatic ring is 1. The van der Waals surface area contributed by atoms with Crippen LogP contribution in [0.1, 0.15) is 24.2 Å². The average molecular weight is 364 g/mol. The molecular weight excluding hydrogens is 352 g/mol. The molecule has 122 valence electrons. The van der Waals surface area contributed by atoms with E-state index in [4.69, 9.17) is 33.5 Å². The zero-order valence-electron chi connectivity index (χ0n) is 12.4. The van der Waals surface area contributed by atoms with Crippen LogP contribution in [-0.2, 0) is 5.41 Å². The largest absolute Gasteiger partial charge is 0.399 e. The van der Waals surface area contributed by atoms with Gasteiger partial charge in [0.1, 0.15) is 5.82 Å². The van der Waals surface area contributed by atoms with Gasteiger partial charge in [-0.05, 0) is 43.2 Å². The highest BCUT2D eigenvalue weighted by molar-refractivity contribution is 6.36. The van der Waals surface area contributed by atoms with Crippen molar-refractivity contribution in [2.75, 3.05) is 5.73 Å². The summed E-state index contributed by atoms with van der Waals surface area (Å²) in [5, 5.41) is 5.04. The summed E-state index contributed by atoms with van der Waals surface area (Å²) in [5.41, 5.74) is 7.08. The van der Waals surface area contributed by atoms with Gasteiger partial charge >= 0.3 is 0 Å². The molecule has 4 rings (SSSR count). The van der Waals surface area contributed by atoms with Gasteiger partial charge in [-0.15, -0.1) is 0 Å². The van der Waals surface area contributed by atoms with E-state index in [1.807, 2.05) is 0 Å². The molecule has 1 aromatic heterocycles. The van der Waals surface area contributed by atoms with Crippen molar-refractivity contribution in [3.8, 4) is 11.5 Å². The minimum absolute atomic E-state index is 0.262. The number of hydrogen-bond acceptors (Lipinski definition) is 4. The third-order valence-electron chi connectivity index (χ3n) is 4.22. The summed E-state index contributed by atoms with van der Waals surface area (Å²) in [4.78, 5) is 4.44. The quantitative estimate of drug-likeness (QED) is 0.675. The van der Waals surface area contributed by atoms with Crippen molar-refractivity contribution in [1.29, 1.82) is 0 Å². The van der Waals surface area contributed by atoms with Crippen LogP contribution in [0, 0.1) is 5.82 Å². The van der Waals surface area contributed by atoms with Gasteiger partial charge in [0.15, 0.2) is 5.82 Å². The molecule has 1 aliphatic rings. The summed E-state index contributed by atoms with van der Waals surface area (Å²) in [6.45, 7) is 0. The van der Waals surface area contributed by atoms with E-state index in [1.165, 1.54) is 12.1 Å². The molecule has 24 heavy (non-hydrogen) atoms. The van der Waals surface area contributed by atoms with Gasteiger partial charge < -0.3 is 10.3 Å². The van der Waals surface area contributed by atoms with E-state index in [9.17, 15) is 4.39 Å². The number of rotatable bonds is 3. The minimum atomic E-state index is -0.475. The molecule has 2 aromatic carbocycles. The van der Waals surface area contributed by atoms with Crippen LogP contribution in [0.4, 0.5) is 10.1 Å². The molecule has 0 atom stereocenters. The van der Waals surface area contributed by atoms with E-state index >= 15 is 0 Å². The fourth-order valence-electron chi connectivity index (χ4n) is 2.92. The molecule has 1 saturated carbocycles. The third-order valence-corrected chi connectivity index (χ3v) is 4.81. The zero-order valence-corrected chi connectivity index (χ0v) is 13.9. The molecule has 0 amide bonds. The second kappa shape index (κ2) is 5.46. The van der Waals surface area contributed by atoms with Crippen LogP contribution in [0.15, 0.2) is 40.9 Å². The maximum atomic E-state index is 13.4. The van der Waals surface area contributed by atoms with Crippen molar-refractivity contribution < 1.29 is 8.91 Å². The van der Waals surface area contributed by atoms with E-state index < -0.39 is 5.41 Å². The lowest BCUT2D eigenvalue weighted by atomic mass is 9.94. The summed E-state index contributed by atoms with van der Waals surface area (Å²) in [7, 11) is 0. The Labute approximate surface area is 147 Å². The lowest BCUT2D eigenvalue weighted by Gasteiger charge is -2.15. The lowest BCUT2D eigenvalue weighted by molar-refractivity contribution is 0.417. The highest BCUT2D eigenvalue weighted by Crippen LogP contribution is 2.56. The Balaban J connectivity index is 1.77. The maximum absolute atomic E-state index is 13.4. The summed E-state index contributed by atoms with van der Waals surface area (Å²) < 4.78 is 18.7. The van der Waals surface area contributed by atoms with Crippen molar-refractivity contribution in [3.63, 3.8) is 0 Å². The Hall–Kier alpha value is -2.11. The number of halogens is 3. The summed E-state index contributed by atoms with van der Waals surface area (Å²) in [6.07, 6.45) is 1.61. The summed E-state index contributed by atoms with van der Waals surface area (Å²) >= 11 is 12.7. The van der Waals surface area contributed by atoms with E-state index in [-0.39, 0.29) is 11.7 Å². The Kier molecular flexibility index (Phi) is 3.51. The molecule has 0 spiro atoms. The van der Waals surface area contributed by atoms with Crippen LogP contribution < -0.4 is 5.73 Å². The van der Waals surface area contributed by atoms with Crippen LogP contribution in [0.2, 0.25) is 10.0 Å². The number of hydrogen-bond donors (Lipinski definition) is 1. The monoisotopic (exact) mass is 363 g/mol. The van der Waals surface area contributed by atoms with Crippen molar-refractivity contribution in [2.24, 2.45) is 0 Å². The van der Waals surface area contributed by atoms with E-state index in [2.05, 4.69) is 10.1 Å². The van der Waals surface area contributed by atoms with Gasteiger partial charge in [-0.3, -0.25) is 0 Å². The van der Waals surface area contributed by atoms with Gasteiger partial charge in [0, 0.05) is 26.9 Å². The van der Waals surface area contributed by atoms with E-state index in [0.717, 1.165) is 18.4 Å². The third kappa shape index (κ3) is 2.44. The number of aromatic nitrogens is 2. The molecule has 0 saturated heterocycles. The first kappa shape index (κ1) is 15.4. The molecular formula is C17H12Cl2FN3O. The van der Waals surface area contributed by atoms with Crippen molar-refractivity contribution in [3.05, 3.63) is 63.6 Å². The predicted molar refractivity (Wildman–Crippen MR) is 90.6 cm³/mol. The van der Waals surface area contributed by atoms with Gasteiger partial charge in [0.05, 0.1) is 5.41 Å². The van der Waals surface area contributed by atoms with E-state index in [0.29, 0.717) is 27.1 Å². The van der Waals surface area contributed by atoms with Gasteiger partial charge in [0.25, 0.3) is 5.89 Å². The van der Waals surface area contributed by atoms with Gasteiger partial charge in [-0.1, -0.05) is 34.4 Å². The standard InChI is InChI=1S/C17H12Cl2FN3O/c18-12-7-11(21)8-13(19)14(12)17(4-5-17)16-22-15(24-23-16)9-2-1-3-10(20)6-9/h1-3,6-8H,4-5,21H2. The molecule has 0 aliphatic heterocycles. The van der Waals surface area contributed by atoms with Crippen molar-refractivity contribution in [1.82, 2.24) is 10.1 Å². The molecule has 2 N–H and O–H groups in total. The van der Waals surface area contributed by atoms with E-state index in [1.54, 1.807) is 24.3 Å². The summed E-state index contributed by atoms with van der Waals surface area (Å²) in [5.74, 6) is 0.395. The van der Waals surface area contributed by atoms with Crippen LogP contribution in [0.3, 0.4) is 0 Å². The number of nitrogens with two attached hydrogens (primary N) is 1. The smallest absolute Gasteiger partial charge is 0.258 e. The SMILES string of the molecule is Nc1cc(Cl)c(C2(c3noc(-c4cccc(F)c4)n3)CC2)c(Cl)c1. The van der Waals surface area contributed by atoms with Crippen LogP contribution in [0.5, 0.6) is 0 Å². The molecule has 1 heterocycles. The highest BCUT2D eigenvalue weighted by Gasteiger charge is 2.52. The zero-order chi connectivity index (χ0) is 16.9. The predicted octanol–water partition coefficient (Wildman–Crippen LogP) is 4.84.